The zero-order valence-corrected chi connectivity index (χ0v) is 18.1. The van der Waals surface area contributed by atoms with Crippen LogP contribution in [0.15, 0.2) is 89.1 Å². The number of hydrogen-bond donors (Lipinski definition) is 1. The van der Waals surface area contributed by atoms with E-state index in [0.717, 1.165) is 16.7 Å². The van der Waals surface area contributed by atoms with E-state index < -0.39 is 6.04 Å². The molecule has 1 N–H and O–H groups in total. The number of nitrogens with one attached hydrogen (secondary N) is 1. The first kappa shape index (κ1) is 20.6. The van der Waals surface area contributed by atoms with E-state index in [-0.39, 0.29) is 11.8 Å². The van der Waals surface area contributed by atoms with E-state index in [4.69, 9.17) is 4.52 Å². The number of amides is 2. The minimum absolute atomic E-state index is 0.309. The lowest BCUT2D eigenvalue weighted by atomic mass is 9.94. The second-order valence-electron chi connectivity index (χ2n) is 7.89. The molecule has 1 atom stereocenters. The van der Waals surface area contributed by atoms with Crippen LogP contribution in [0.25, 0.3) is 17.0 Å². The van der Waals surface area contributed by atoms with Gasteiger partial charge in [0.2, 0.25) is 5.82 Å². The molecule has 1 aromatic heterocycles. The number of halogens is 1. The second-order valence-corrected chi connectivity index (χ2v) is 7.89. The highest BCUT2D eigenvalue weighted by Gasteiger charge is 2.36. The van der Waals surface area contributed by atoms with Crippen LogP contribution >= 0.6 is 0 Å². The standard InChI is InChI=1S/C26H21FN4O2/c1-16-8-10-18(11-9-16)23-22(25-29-24(30-33-25)19-6-4-3-5-7-19)17(2)31(26(32)28-23)21-14-12-20(27)13-15-21/h3-15,23H,1-2H3,(H,28,32). The third-order valence-corrected chi connectivity index (χ3v) is 5.67. The van der Waals surface area contributed by atoms with E-state index >= 15 is 0 Å². The van der Waals surface area contributed by atoms with Crippen LogP contribution in [-0.2, 0) is 0 Å². The topological polar surface area (TPSA) is 71.3 Å². The van der Waals surface area contributed by atoms with Gasteiger partial charge in [0.15, 0.2) is 0 Å². The normalized spacial score (nSPS) is 16.2. The Morgan fingerprint density at radius 1 is 0.939 bits per heavy atom. The summed E-state index contributed by atoms with van der Waals surface area (Å²) in [6.45, 7) is 3.83. The minimum Gasteiger partial charge on any atom is -0.334 e. The molecule has 164 valence electrons. The Balaban J connectivity index is 1.65. The van der Waals surface area contributed by atoms with Crippen molar-refractivity contribution in [2.24, 2.45) is 0 Å². The van der Waals surface area contributed by atoms with Crippen molar-refractivity contribution in [1.29, 1.82) is 0 Å². The monoisotopic (exact) mass is 440 g/mol. The van der Waals surface area contributed by atoms with Crippen molar-refractivity contribution in [3.05, 3.63) is 107 Å². The first-order chi connectivity index (χ1) is 16.0. The summed E-state index contributed by atoms with van der Waals surface area (Å²) in [4.78, 5) is 19.3. The molecule has 0 radical (unpaired) electrons. The third-order valence-electron chi connectivity index (χ3n) is 5.67. The van der Waals surface area contributed by atoms with E-state index in [1.54, 1.807) is 12.1 Å². The average molecular weight is 440 g/mol. The number of urea groups is 1. The van der Waals surface area contributed by atoms with Crippen molar-refractivity contribution in [1.82, 2.24) is 15.5 Å². The molecule has 0 spiro atoms. The quantitative estimate of drug-likeness (QED) is 0.430. The molecule has 3 aromatic carbocycles. The fourth-order valence-electron chi connectivity index (χ4n) is 3.97. The predicted molar refractivity (Wildman–Crippen MR) is 124 cm³/mol. The molecule has 2 heterocycles. The lowest BCUT2D eigenvalue weighted by Crippen LogP contribution is -2.46. The van der Waals surface area contributed by atoms with Gasteiger partial charge in [-0.15, -0.1) is 0 Å². The Bertz CT molecular complexity index is 1330. The second kappa shape index (κ2) is 8.35. The van der Waals surface area contributed by atoms with Gasteiger partial charge in [0.1, 0.15) is 5.82 Å². The minimum atomic E-state index is -0.487. The maximum atomic E-state index is 13.5. The molecule has 33 heavy (non-hydrogen) atoms. The molecule has 0 bridgehead atoms. The number of nitrogens with zero attached hydrogens (tertiary/aromatic N) is 3. The van der Waals surface area contributed by atoms with Crippen molar-refractivity contribution in [2.45, 2.75) is 19.9 Å². The molecule has 7 heteroatoms. The van der Waals surface area contributed by atoms with Gasteiger partial charge in [0.25, 0.3) is 5.89 Å². The Morgan fingerprint density at radius 2 is 1.64 bits per heavy atom. The molecule has 5 rings (SSSR count). The van der Waals surface area contributed by atoms with Crippen LogP contribution in [0.2, 0.25) is 0 Å². The zero-order valence-electron chi connectivity index (χ0n) is 18.1. The summed E-state index contributed by atoms with van der Waals surface area (Å²) < 4.78 is 19.2. The van der Waals surface area contributed by atoms with Crippen LogP contribution in [0.1, 0.15) is 30.0 Å². The molecule has 6 nitrogen and oxygen atoms in total. The van der Waals surface area contributed by atoms with Crippen molar-refractivity contribution >= 4 is 17.3 Å². The summed E-state index contributed by atoms with van der Waals surface area (Å²) in [5.74, 6) is 0.391. The molecular formula is C26H21FN4O2. The number of anilines is 1. The van der Waals surface area contributed by atoms with Crippen LogP contribution in [0.5, 0.6) is 0 Å². The molecule has 0 saturated carbocycles. The number of rotatable bonds is 4. The summed E-state index contributed by atoms with van der Waals surface area (Å²) in [6, 6.07) is 22.4. The summed E-state index contributed by atoms with van der Waals surface area (Å²) in [5, 5.41) is 7.22. The van der Waals surface area contributed by atoms with E-state index in [9.17, 15) is 9.18 Å². The molecular weight excluding hydrogens is 419 g/mol. The number of aryl methyl sites for hydroxylation is 1. The summed E-state index contributed by atoms with van der Waals surface area (Å²) in [6.07, 6.45) is 0. The predicted octanol–water partition coefficient (Wildman–Crippen LogP) is 5.89. The number of aromatic nitrogens is 2. The smallest absolute Gasteiger partial charge is 0.326 e. The van der Waals surface area contributed by atoms with Crippen LogP contribution in [0.3, 0.4) is 0 Å². The molecule has 1 unspecified atom stereocenters. The molecule has 0 fully saturated rings. The Kier molecular flexibility index (Phi) is 5.22. The van der Waals surface area contributed by atoms with Crippen molar-refractivity contribution in [2.75, 3.05) is 4.90 Å². The average Bonchev–Trinajstić information content (AvgIpc) is 3.31. The number of allylic oxidation sites excluding steroid dienone is 1. The largest absolute Gasteiger partial charge is 0.334 e. The number of hydrogen-bond acceptors (Lipinski definition) is 4. The van der Waals surface area contributed by atoms with E-state index in [0.29, 0.717) is 28.7 Å². The van der Waals surface area contributed by atoms with Gasteiger partial charge in [-0.1, -0.05) is 65.3 Å². The summed E-state index contributed by atoms with van der Waals surface area (Å²) in [7, 11) is 0. The molecule has 1 aliphatic heterocycles. The van der Waals surface area contributed by atoms with Crippen molar-refractivity contribution in [3.8, 4) is 11.4 Å². The Morgan fingerprint density at radius 3 is 2.33 bits per heavy atom. The SMILES string of the molecule is CC1=C(c2nc(-c3ccccc3)no2)C(c2ccc(C)cc2)NC(=O)N1c1ccc(F)cc1. The fourth-order valence-corrected chi connectivity index (χ4v) is 3.97. The first-order valence-electron chi connectivity index (χ1n) is 10.5. The summed E-state index contributed by atoms with van der Waals surface area (Å²) in [5.41, 5.74) is 4.67. The molecule has 1 aliphatic rings. The Hall–Kier alpha value is -4.26. The third kappa shape index (κ3) is 3.89. The van der Waals surface area contributed by atoms with Gasteiger partial charge in [-0.05, 0) is 43.7 Å². The lowest BCUT2D eigenvalue weighted by molar-refractivity contribution is 0.244. The van der Waals surface area contributed by atoms with Crippen molar-refractivity contribution in [3.63, 3.8) is 0 Å². The molecule has 0 aliphatic carbocycles. The first-order valence-corrected chi connectivity index (χ1v) is 10.5. The van der Waals surface area contributed by atoms with E-state index in [2.05, 4.69) is 15.5 Å². The summed E-state index contributed by atoms with van der Waals surface area (Å²) >= 11 is 0. The van der Waals surface area contributed by atoms with Crippen LogP contribution in [0.4, 0.5) is 14.9 Å². The van der Waals surface area contributed by atoms with Crippen LogP contribution in [-0.4, -0.2) is 16.2 Å². The van der Waals surface area contributed by atoms with Crippen LogP contribution < -0.4 is 10.2 Å². The fraction of sp³-hybridized carbons (Fsp3) is 0.115. The highest BCUT2D eigenvalue weighted by Crippen LogP contribution is 2.39. The molecule has 0 saturated heterocycles. The van der Waals surface area contributed by atoms with E-state index in [1.807, 2.05) is 68.4 Å². The van der Waals surface area contributed by atoms with Gasteiger partial charge < -0.3 is 9.84 Å². The van der Waals surface area contributed by atoms with Gasteiger partial charge in [0.05, 0.1) is 17.3 Å². The Labute approximate surface area is 190 Å². The van der Waals surface area contributed by atoms with Crippen LogP contribution in [0, 0.1) is 12.7 Å². The maximum Gasteiger partial charge on any atom is 0.326 e. The number of carbonyl (C=O) groups is 1. The molecule has 4 aromatic rings. The van der Waals surface area contributed by atoms with Gasteiger partial charge in [0, 0.05) is 11.3 Å². The van der Waals surface area contributed by atoms with E-state index in [1.165, 1.54) is 17.0 Å². The lowest BCUT2D eigenvalue weighted by Gasteiger charge is -2.35. The number of benzene rings is 3. The zero-order chi connectivity index (χ0) is 22.9. The number of carbonyl (C=O) groups excluding carboxylic acids is 1. The van der Waals surface area contributed by atoms with Crippen molar-refractivity contribution < 1.29 is 13.7 Å². The van der Waals surface area contributed by atoms with Gasteiger partial charge >= 0.3 is 6.03 Å². The maximum absolute atomic E-state index is 13.5. The van der Waals surface area contributed by atoms with Gasteiger partial charge in [-0.2, -0.15) is 4.98 Å². The van der Waals surface area contributed by atoms with Gasteiger partial charge in [-0.25, -0.2) is 9.18 Å². The van der Waals surface area contributed by atoms with Gasteiger partial charge in [-0.3, -0.25) is 4.90 Å². The highest BCUT2D eigenvalue weighted by molar-refractivity contribution is 6.01. The molecule has 2 amide bonds. The highest BCUT2D eigenvalue weighted by atomic mass is 19.1.